The van der Waals surface area contributed by atoms with Crippen LogP contribution in [0.1, 0.15) is 11.1 Å². The summed E-state index contributed by atoms with van der Waals surface area (Å²) in [6, 6.07) is 11.2. The molecule has 0 bridgehead atoms. The Hall–Kier alpha value is -1.73. The van der Waals surface area contributed by atoms with Gasteiger partial charge in [0.1, 0.15) is 18.1 Å². The standard InChI is InChI=1S/C17H17BrF3NO2/c1-23-15-4-2-3-12(7-15)11-22-5-6-24-16-9-13(17(19,20)21)8-14(18)10-16/h2-4,7-10,22H,5-6,11H2,1H3. The summed E-state index contributed by atoms with van der Waals surface area (Å²) in [4.78, 5) is 0. The number of rotatable bonds is 7. The first-order valence-corrected chi connectivity index (χ1v) is 8.02. The normalized spacial score (nSPS) is 11.4. The van der Waals surface area contributed by atoms with Crippen LogP contribution in [0.3, 0.4) is 0 Å². The number of hydrogen-bond acceptors (Lipinski definition) is 3. The first-order chi connectivity index (χ1) is 11.4. The summed E-state index contributed by atoms with van der Waals surface area (Å²) in [5.74, 6) is 0.958. The van der Waals surface area contributed by atoms with Gasteiger partial charge in [-0.3, -0.25) is 0 Å². The van der Waals surface area contributed by atoms with Crippen LogP contribution in [0.2, 0.25) is 0 Å². The van der Waals surface area contributed by atoms with Crippen LogP contribution in [0.15, 0.2) is 46.9 Å². The Labute approximate surface area is 146 Å². The van der Waals surface area contributed by atoms with Gasteiger partial charge < -0.3 is 14.8 Å². The van der Waals surface area contributed by atoms with E-state index in [0.717, 1.165) is 23.4 Å². The maximum absolute atomic E-state index is 12.7. The molecule has 130 valence electrons. The maximum atomic E-state index is 12.7. The van der Waals surface area contributed by atoms with E-state index in [0.29, 0.717) is 17.6 Å². The number of alkyl halides is 3. The Bertz CT molecular complexity index is 677. The molecule has 0 aliphatic carbocycles. The summed E-state index contributed by atoms with van der Waals surface area (Å²) in [5.41, 5.74) is 0.312. The molecule has 2 rings (SSSR count). The van der Waals surface area contributed by atoms with Gasteiger partial charge in [-0.1, -0.05) is 28.1 Å². The van der Waals surface area contributed by atoms with Crippen LogP contribution in [0, 0.1) is 0 Å². The Morgan fingerprint density at radius 1 is 1.08 bits per heavy atom. The van der Waals surface area contributed by atoms with Crippen LogP contribution in [0.5, 0.6) is 11.5 Å². The second-order valence-corrected chi connectivity index (χ2v) is 5.97. The zero-order valence-electron chi connectivity index (χ0n) is 13.0. The first kappa shape index (κ1) is 18.6. The molecule has 0 aromatic heterocycles. The average Bonchev–Trinajstić information content (AvgIpc) is 2.53. The van der Waals surface area contributed by atoms with Crippen molar-refractivity contribution in [1.29, 1.82) is 0 Å². The van der Waals surface area contributed by atoms with E-state index in [2.05, 4.69) is 21.2 Å². The molecule has 0 fully saturated rings. The Morgan fingerprint density at radius 2 is 1.88 bits per heavy atom. The Kier molecular flexibility index (Phi) is 6.51. The smallest absolute Gasteiger partial charge is 0.416 e. The third-order valence-electron chi connectivity index (χ3n) is 3.21. The predicted molar refractivity (Wildman–Crippen MR) is 89.3 cm³/mol. The van der Waals surface area contributed by atoms with E-state index in [4.69, 9.17) is 9.47 Å². The molecule has 2 aromatic rings. The molecule has 2 aromatic carbocycles. The van der Waals surface area contributed by atoms with Crippen LogP contribution in [-0.2, 0) is 12.7 Å². The lowest BCUT2D eigenvalue weighted by molar-refractivity contribution is -0.137. The highest BCUT2D eigenvalue weighted by molar-refractivity contribution is 9.10. The maximum Gasteiger partial charge on any atom is 0.416 e. The van der Waals surface area contributed by atoms with Crippen molar-refractivity contribution in [3.63, 3.8) is 0 Å². The zero-order valence-corrected chi connectivity index (χ0v) is 14.6. The fourth-order valence-corrected chi connectivity index (χ4v) is 2.54. The van der Waals surface area contributed by atoms with Crippen molar-refractivity contribution < 1.29 is 22.6 Å². The molecule has 0 unspecified atom stereocenters. The average molecular weight is 404 g/mol. The van der Waals surface area contributed by atoms with Gasteiger partial charge in [0.25, 0.3) is 0 Å². The third kappa shape index (κ3) is 5.72. The summed E-state index contributed by atoms with van der Waals surface area (Å²) >= 11 is 3.06. The topological polar surface area (TPSA) is 30.5 Å². The van der Waals surface area contributed by atoms with Gasteiger partial charge in [-0.2, -0.15) is 13.2 Å². The van der Waals surface area contributed by atoms with Crippen molar-refractivity contribution in [3.05, 3.63) is 58.1 Å². The fourth-order valence-electron chi connectivity index (χ4n) is 2.07. The third-order valence-corrected chi connectivity index (χ3v) is 3.67. The summed E-state index contributed by atoms with van der Waals surface area (Å²) in [6.07, 6.45) is -4.40. The van der Waals surface area contributed by atoms with E-state index in [-0.39, 0.29) is 12.4 Å². The number of hydrogen-bond donors (Lipinski definition) is 1. The summed E-state index contributed by atoms with van der Waals surface area (Å²) in [6.45, 7) is 1.38. The number of ether oxygens (including phenoxy) is 2. The molecular weight excluding hydrogens is 387 g/mol. The highest BCUT2D eigenvalue weighted by Crippen LogP contribution is 2.34. The number of nitrogens with one attached hydrogen (secondary N) is 1. The second-order valence-electron chi connectivity index (χ2n) is 5.05. The Balaban J connectivity index is 1.81. The molecule has 0 aliphatic heterocycles. The van der Waals surface area contributed by atoms with Crippen LogP contribution >= 0.6 is 15.9 Å². The molecule has 0 radical (unpaired) electrons. The van der Waals surface area contributed by atoms with Gasteiger partial charge in [0, 0.05) is 17.6 Å². The van der Waals surface area contributed by atoms with Crippen molar-refractivity contribution >= 4 is 15.9 Å². The number of methoxy groups -OCH3 is 1. The Morgan fingerprint density at radius 3 is 2.58 bits per heavy atom. The molecule has 0 atom stereocenters. The minimum Gasteiger partial charge on any atom is -0.497 e. The van der Waals surface area contributed by atoms with E-state index >= 15 is 0 Å². The van der Waals surface area contributed by atoms with Crippen LogP contribution in [-0.4, -0.2) is 20.3 Å². The summed E-state index contributed by atoms with van der Waals surface area (Å²) < 4.78 is 49.1. The lowest BCUT2D eigenvalue weighted by Crippen LogP contribution is -2.20. The van der Waals surface area contributed by atoms with E-state index in [9.17, 15) is 13.2 Å². The van der Waals surface area contributed by atoms with E-state index in [1.165, 1.54) is 6.07 Å². The molecule has 1 N–H and O–H groups in total. The van der Waals surface area contributed by atoms with Crippen molar-refractivity contribution in [2.75, 3.05) is 20.3 Å². The second kappa shape index (κ2) is 8.39. The van der Waals surface area contributed by atoms with Gasteiger partial charge in [-0.05, 0) is 35.9 Å². The van der Waals surface area contributed by atoms with E-state index in [1.807, 2.05) is 24.3 Å². The summed E-state index contributed by atoms with van der Waals surface area (Å²) in [7, 11) is 1.60. The molecule has 0 amide bonds. The molecule has 3 nitrogen and oxygen atoms in total. The van der Waals surface area contributed by atoms with Gasteiger partial charge in [0.15, 0.2) is 0 Å². The van der Waals surface area contributed by atoms with Gasteiger partial charge in [-0.15, -0.1) is 0 Å². The lowest BCUT2D eigenvalue weighted by atomic mass is 10.2. The minimum atomic E-state index is -4.40. The van der Waals surface area contributed by atoms with E-state index in [1.54, 1.807) is 7.11 Å². The highest BCUT2D eigenvalue weighted by atomic mass is 79.9. The van der Waals surface area contributed by atoms with Crippen LogP contribution in [0.25, 0.3) is 0 Å². The van der Waals surface area contributed by atoms with Gasteiger partial charge in [0.2, 0.25) is 0 Å². The van der Waals surface area contributed by atoms with Gasteiger partial charge >= 0.3 is 6.18 Å². The van der Waals surface area contributed by atoms with Crippen molar-refractivity contribution in [3.8, 4) is 11.5 Å². The van der Waals surface area contributed by atoms with Gasteiger partial charge in [-0.25, -0.2) is 0 Å². The quantitative estimate of drug-likeness (QED) is 0.682. The fraction of sp³-hybridized carbons (Fsp3) is 0.294. The lowest BCUT2D eigenvalue weighted by Gasteiger charge is -2.12. The van der Waals surface area contributed by atoms with Crippen molar-refractivity contribution in [1.82, 2.24) is 5.32 Å². The van der Waals surface area contributed by atoms with Crippen molar-refractivity contribution in [2.24, 2.45) is 0 Å². The molecular formula is C17H17BrF3NO2. The molecule has 0 saturated heterocycles. The molecule has 7 heteroatoms. The molecule has 0 saturated carbocycles. The largest absolute Gasteiger partial charge is 0.497 e. The van der Waals surface area contributed by atoms with Crippen LogP contribution in [0.4, 0.5) is 13.2 Å². The van der Waals surface area contributed by atoms with Crippen LogP contribution < -0.4 is 14.8 Å². The molecule has 0 heterocycles. The van der Waals surface area contributed by atoms with Crippen molar-refractivity contribution in [2.45, 2.75) is 12.7 Å². The minimum absolute atomic E-state index is 0.180. The number of benzene rings is 2. The summed E-state index contributed by atoms with van der Waals surface area (Å²) in [5, 5.41) is 3.17. The monoisotopic (exact) mass is 403 g/mol. The molecule has 0 spiro atoms. The van der Waals surface area contributed by atoms with E-state index < -0.39 is 11.7 Å². The highest BCUT2D eigenvalue weighted by Gasteiger charge is 2.31. The predicted octanol–water partition coefficient (Wildman–Crippen LogP) is 4.65. The molecule has 24 heavy (non-hydrogen) atoms. The first-order valence-electron chi connectivity index (χ1n) is 7.23. The number of halogens is 4. The SMILES string of the molecule is COc1cccc(CNCCOc2cc(Br)cc(C(F)(F)F)c2)c1. The molecule has 0 aliphatic rings. The zero-order chi connectivity index (χ0) is 17.6. The van der Waals surface area contributed by atoms with Gasteiger partial charge in [0.05, 0.1) is 12.7 Å².